The van der Waals surface area contributed by atoms with E-state index in [0.29, 0.717) is 0 Å². The molecule has 3 N–H and O–H groups in total. The molecule has 1 aliphatic rings. The van der Waals surface area contributed by atoms with Crippen LogP contribution in [0.5, 0.6) is 0 Å². The first-order chi connectivity index (χ1) is 9.49. The highest BCUT2D eigenvalue weighted by atomic mass is 15.3. The Morgan fingerprint density at radius 1 is 1.60 bits per heavy atom. The number of likely N-dealkylation sites (N-methyl/N-ethyl adjacent to an activating group) is 1. The van der Waals surface area contributed by atoms with E-state index < -0.39 is 0 Å². The number of nitrogens with two attached hydrogens (primary N) is 1. The molecular weight excluding hydrogens is 250 g/mol. The standard InChI is InChI=1S/C15H29N5/c1-12-6-5-7-15(11-12,19(2)3)13(18-16)10-14-17-8-9-20(14)4/h8-9,12-13,18H,5-7,10-11,16H2,1-4H3. The average molecular weight is 279 g/mol. The van der Waals surface area contributed by atoms with Gasteiger partial charge in [0.15, 0.2) is 0 Å². The van der Waals surface area contributed by atoms with E-state index in [1.165, 1.54) is 25.7 Å². The van der Waals surface area contributed by atoms with Crippen molar-refractivity contribution in [3.63, 3.8) is 0 Å². The molecule has 0 aliphatic heterocycles. The van der Waals surface area contributed by atoms with Crippen LogP contribution >= 0.6 is 0 Å². The van der Waals surface area contributed by atoms with Gasteiger partial charge in [-0.3, -0.25) is 11.3 Å². The molecule has 1 aromatic heterocycles. The summed E-state index contributed by atoms with van der Waals surface area (Å²) < 4.78 is 2.08. The number of imidazole rings is 1. The van der Waals surface area contributed by atoms with Gasteiger partial charge in [0.1, 0.15) is 5.82 Å². The van der Waals surface area contributed by atoms with Crippen LogP contribution in [-0.4, -0.2) is 40.1 Å². The van der Waals surface area contributed by atoms with Crippen LogP contribution < -0.4 is 11.3 Å². The SMILES string of the molecule is CC1CCCC(C(Cc2nccn2C)NN)(N(C)C)C1. The zero-order valence-corrected chi connectivity index (χ0v) is 13.3. The highest BCUT2D eigenvalue weighted by molar-refractivity contribution is 5.06. The Hall–Kier alpha value is -0.910. The molecule has 0 bridgehead atoms. The van der Waals surface area contributed by atoms with Gasteiger partial charge in [0, 0.05) is 37.4 Å². The Balaban J connectivity index is 2.23. The number of aromatic nitrogens is 2. The molecule has 1 aliphatic carbocycles. The molecule has 1 saturated carbocycles. The molecule has 2 rings (SSSR count). The molecule has 3 atom stereocenters. The molecule has 0 amide bonds. The molecule has 1 heterocycles. The summed E-state index contributed by atoms with van der Waals surface area (Å²) in [6.07, 6.45) is 9.71. The Bertz CT molecular complexity index is 428. The van der Waals surface area contributed by atoms with Gasteiger partial charge in [-0.2, -0.15) is 0 Å². The fraction of sp³-hybridized carbons (Fsp3) is 0.800. The quantitative estimate of drug-likeness (QED) is 0.630. The van der Waals surface area contributed by atoms with E-state index >= 15 is 0 Å². The summed E-state index contributed by atoms with van der Waals surface area (Å²) in [5.74, 6) is 7.77. The summed E-state index contributed by atoms with van der Waals surface area (Å²) in [6.45, 7) is 2.35. The smallest absolute Gasteiger partial charge is 0.110 e. The Kier molecular flexibility index (Phi) is 4.83. The van der Waals surface area contributed by atoms with Crippen molar-refractivity contribution in [3.05, 3.63) is 18.2 Å². The van der Waals surface area contributed by atoms with Crippen molar-refractivity contribution in [1.82, 2.24) is 19.9 Å². The van der Waals surface area contributed by atoms with Crippen molar-refractivity contribution >= 4 is 0 Å². The number of nitrogens with one attached hydrogen (secondary N) is 1. The second-order valence-corrected chi connectivity index (χ2v) is 6.58. The zero-order valence-electron chi connectivity index (χ0n) is 13.3. The molecule has 0 saturated heterocycles. The molecule has 0 aromatic carbocycles. The third kappa shape index (κ3) is 2.90. The minimum absolute atomic E-state index is 0.123. The Morgan fingerprint density at radius 2 is 2.35 bits per heavy atom. The molecule has 5 heteroatoms. The highest BCUT2D eigenvalue weighted by Crippen LogP contribution is 2.38. The van der Waals surface area contributed by atoms with Crippen molar-refractivity contribution in [2.45, 2.75) is 50.6 Å². The lowest BCUT2D eigenvalue weighted by Gasteiger charge is -2.50. The van der Waals surface area contributed by atoms with E-state index in [4.69, 9.17) is 5.84 Å². The van der Waals surface area contributed by atoms with Crippen molar-refractivity contribution in [2.75, 3.05) is 14.1 Å². The normalized spacial score (nSPS) is 28.8. The molecular formula is C15H29N5. The second kappa shape index (κ2) is 6.24. The lowest BCUT2D eigenvalue weighted by Crippen LogP contribution is -2.63. The first-order valence-electron chi connectivity index (χ1n) is 7.59. The summed E-state index contributed by atoms with van der Waals surface area (Å²) in [4.78, 5) is 6.83. The van der Waals surface area contributed by atoms with Crippen LogP contribution in [0, 0.1) is 5.92 Å². The predicted octanol–water partition coefficient (Wildman–Crippen LogP) is 1.31. The van der Waals surface area contributed by atoms with Crippen LogP contribution in [-0.2, 0) is 13.5 Å². The topological polar surface area (TPSA) is 59.1 Å². The summed E-state index contributed by atoms with van der Waals surface area (Å²) in [6, 6.07) is 0.223. The van der Waals surface area contributed by atoms with E-state index in [2.05, 4.69) is 40.9 Å². The van der Waals surface area contributed by atoms with Gasteiger partial charge in [-0.05, 0) is 32.9 Å². The van der Waals surface area contributed by atoms with Gasteiger partial charge in [-0.15, -0.1) is 0 Å². The van der Waals surface area contributed by atoms with Crippen LogP contribution in [0.2, 0.25) is 0 Å². The average Bonchev–Trinajstić information content (AvgIpc) is 2.81. The molecule has 3 unspecified atom stereocenters. The molecule has 5 nitrogen and oxygen atoms in total. The van der Waals surface area contributed by atoms with Gasteiger partial charge in [0.2, 0.25) is 0 Å². The van der Waals surface area contributed by atoms with Crippen LogP contribution in [0.4, 0.5) is 0 Å². The van der Waals surface area contributed by atoms with Crippen molar-refractivity contribution in [3.8, 4) is 0 Å². The molecule has 1 aromatic rings. The second-order valence-electron chi connectivity index (χ2n) is 6.58. The maximum atomic E-state index is 5.93. The van der Waals surface area contributed by atoms with Gasteiger partial charge in [-0.25, -0.2) is 4.98 Å². The maximum Gasteiger partial charge on any atom is 0.110 e. The van der Waals surface area contributed by atoms with E-state index in [0.717, 1.165) is 18.2 Å². The fourth-order valence-electron chi connectivity index (χ4n) is 3.78. The molecule has 114 valence electrons. The molecule has 0 spiro atoms. The number of hydrazine groups is 1. The third-order valence-corrected chi connectivity index (χ3v) is 5.06. The predicted molar refractivity (Wildman–Crippen MR) is 82.1 cm³/mol. The van der Waals surface area contributed by atoms with E-state index in [9.17, 15) is 0 Å². The Labute approximate surface area is 122 Å². The van der Waals surface area contributed by atoms with Crippen molar-refractivity contribution < 1.29 is 0 Å². The summed E-state index contributed by atoms with van der Waals surface area (Å²) in [7, 11) is 6.41. The fourth-order valence-corrected chi connectivity index (χ4v) is 3.78. The zero-order chi connectivity index (χ0) is 14.8. The molecule has 20 heavy (non-hydrogen) atoms. The number of hydrogen-bond acceptors (Lipinski definition) is 4. The number of aryl methyl sites for hydroxylation is 1. The first kappa shape index (κ1) is 15.5. The van der Waals surface area contributed by atoms with Crippen LogP contribution in [0.3, 0.4) is 0 Å². The molecule has 0 radical (unpaired) electrons. The first-order valence-corrected chi connectivity index (χ1v) is 7.59. The van der Waals surface area contributed by atoms with Crippen LogP contribution in [0.1, 0.15) is 38.4 Å². The number of hydrogen-bond donors (Lipinski definition) is 2. The lowest BCUT2D eigenvalue weighted by atomic mass is 9.70. The summed E-state index contributed by atoms with van der Waals surface area (Å²) >= 11 is 0. The number of nitrogens with zero attached hydrogens (tertiary/aromatic N) is 3. The van der Waals surface area contributed by atoms with Gasteiger partial charge in [0.25, 0.3) is 0 Å². The van der Waals surface area contributed by atoms with Crippen LogP contribution in [0.15, 0.2) is 12.4 Å². The van der Waals surface area contributed by atoms with E-state index in [1.54, 1.807) is 0 Å². The minimum atomic E-state index is 0.123. The third-order valence-electron chi connectivity index (χ3n) is 5.06. The van der Waals surface area contributed by atoms with Crippen molar-refractivity contribution in [1.29, 1.82) is 0 Å². The monoisotopic (exact) mass is 279 g/mol. The minimum Gasteiger partial charge on any atom is -0.338 e. The highest BCUT2D eigenvalue weighted by Gasteiger charge is 2.43. The van der Waals surface area contributed by atoms with E-state index in [1.807, 2.05) is 19.4 Å². The lowest BCUT2D eigenvalue weighted by molar-refractivity contribution is 0.0364. The van der Waals surface area contributed by atoms with Gasteiger partial charge >= 0.3 is 0 Å². The summed E-state index contributed by atoms with van der Waals surface area (Å²) in [5, 5.41) is 0. The maximum absolute atomic E-state index is 5.93. The van der Waals surface area contributed by atoms with Crippen LogP contribution in [0.25, 0.3) is 0 Å². The molecule has 1 fully saturated rings. The van der Waals surface area contributed by atoms with Gasteiger partial charge < -0.3 is 9.47 Å². The Morgan fingerprint density at radius 3 is 2.85 bits per heavy atom. The van der Waals surface area contributed by atoms with Gasteiger partial charge in [0.05, 0.1) is 0 Å². The summed E-state index contributed by atoms with van der Waals surface area (Å²) in [5.41, 5.74) is 3.21. The van der Waals surface area contributed by atoms with Crippen molar-refractivity contribution in [2.24, 2.45) is 18.8 Å². The van der Waals surface area contributed by atoms with Gasteiger partial charge in [-0.1, -0.05) is 19.8 Å². The van der Waals surface area contributed by atoms with E-state index in [-0.39, 0.29) is 11.6 Å². The largest absolute Gasteiger partial charge is 0.338 e. The number of rotatable bonds is 5.